The molecule has 1 aromatic carbocycles. The number of carbonyl (C=O) groups is 1. The summed E-state index contributed by atoms with van der Waals surface area (Å²) in [5.41, 5.74) is 0.631. The molecule has 0 radical (unpaired) electrons. The third kappa shape index (κ3) is 6.00. The van der Waals surface area contributed by atoms with Gasteiger partial charge in [-0.25, -0.2) is 9.97 Å². The molecule has 8 heteroatoms. The van der Waals surface area contributed by atoms with Crippen LogP contribution in [0.3, 0.4) is 0 Å². The SMILES string of the molecule is COc1cc(NC(=O)CSc2cc(N3CC(C)CC(C)C3)ncn2)cc(OC)c1. The number of nitrogens with zero attached hydrogens (tertiary/aromatic N) is 3. The predicted molar refractivity (Wildman–Crippen MR) is 116 cm³/mol. The summed E-state index contributed by atoms with van der Waals surface area (Å²) in [7, 11) is 3.15. The zero-order chi connectivity index (χ0) is 20.8. The Morgan fingerprint density at radius 3 is 2.38 bits per heavy atom. The van der Waals surface area contributed by atoms with E-state index < -0.39 is 0 Å². The molecule has 1 aliphatic rings. The molecular formula is C21H28N4O3S. The fraction of sp³-hybridized carbons (Fsp3) is 0.476. The molecule has 1 amide bonds. The van der Waals surface area contributed by atoms with Crippen molar-refractivity contribution >= 4 is 29.2 Å². The Hall–Kier alpha value is -2.48. The maximum Gasteiger partial charge on any atom is 0.234 e. The Labute approximate surface area is 176 Å². The maximum atomic E-state index is 12.4. The Balaban J connectivity index is 1.59. The summed E-state index contributed by atoms with van der Waals surface area (Å²) >= 11 is 1.40. The topological polar surface area (TPSA) is 76.6 Å². The summed E-state index contributed by atoms with van der Waals surface area (Å²) < 4.78 is 10.5. The van der Waals surface area contributed by atoms with Gasteiger partial charge in [-0.1, -0.05) is 25.6 Å². The van der Waals surface area contributed by atoms with Gasteiger partial charge in [-0.2, -0.15) is 0 Å². The highest BCUT2D eigenvalue weighted by atomic mass is 32.2. The van der Waals surface area contributed by atoms with Crippen LogP contribution in [0.2, 0.25) is 0 Å². The monoisotopic (exact) mass is 416 g/mol. The first-order valence-electron chi connectivity index (χ1n) is 9.69. The number of hydrogen-bond donors (Lipinski definition) is 1. The van der Waals surface area contributed by atoms with E-state index in [-0.39, 0.29) is 11.7 Å². The van der Waals surface area contributed by atoms with E-state index in [2.05, 4.69) is 34.0 Å². The van der Waals surface area contributed by atoms with Gasteiger partial charge in [0.05, 0.1) is 20.0 Å². The van der Waals surface area contributed by atoms with Crippen LogP contribution in [0.4, 0.5) is 11.5 Å². The first-order valence-corrected chi connectivity index (χ1v) is 10.7. The van der Waals surface area contributed by atoms with Crippen molar-refractivity contribution in [1.82, 2.24) is 9.97 Å². The van der Waals surface area contributed by atoms with Crippen LogP contribution in [-0.4, -0.2) is 48.9 Å². The first kappa shape index (κ1) is 21.2. The van der Waals surface area contributed by atoms with Gasteiger partial charge in [0.2, 0.25) is 5.91 Å². The quantitative estimate of drug-likeness (QED) is 0.545. The minimum Gasteiger partial charge on any atom is -0.497 e. The van der Waals surface area contributed by atoms with Crippen LogP contribution in [0.1, 0.15) is 20.3 Å². The van der Waals surface area contributed by atoms with Crippen molar-refractivity contribution in [1.29, 1.82) is 0 Å². The molecule has 1 aromatic heterocycles. The lowest BCUT2D eigenvalue weighted by Crippen LogP contribution is -2.39. The number of rotatable bonds is 7. The number of anilines is 2. The Morgan fingerprint density at radius 2 is 1.76 bits per heavy atom. The van der Waals surface area contributed by atoms with Gasteiger partial charge in [0.15, 0.2) is 0 Å². The van der Waals surface area contributed by atoms with Crippen LogP contribution in [0.25, 0.3) is 0 Å². The average molecular weight is 417 g/mol. The van der Waals surface area contributed by atoms with Crippen LogP contribution in [-0.2, 0) is 4.79 Å². The molecule has 0 spiro atoms. The smallest absolute Gasteiger partial charge is 0.234 e. The van der Waals surface area contributed by atoms with E-state index in [1.807, 2.05) is 6.07 Å². The zero-order valence-corrected chi connectivity index (χ0v) is 18.2. The normalized spacial score (nSPS) is 19.0. The highest BCUT2D eigenvalue weighted by Crippen LogP contribution is 2.28. The summed E-state index contributed by atoms with van der Waals surface area (Å²) in [5, 5.41) is 3.67. The molecule has 2 heterocycles. The number of nitrogens with one attached hydrogen (secondary N) is 1. The number of carbonyl (C=O) groups excluding carboxylic acids is 1. The summed E-state index contributed by atoms with van der Waals surface area (Å²) in [6.45, 7) is 6.56. The van der Waals surface area contributed by atoms with E-state index in [0.29, 0.717) is 29.0 Å². The Morgan fingerprint density at radius 1 is 1.10 bits per heavy atom. The second-order valence-electron chi connectivity index (χ2n) is 7.50. The lowest BCUT2D eigenvalue weighted by Gasteiger charge is -2.35. The number of hydrogen-bond acceptors (Lipinski definition) is 7. The van der Waals surface area contributed by atoms with Crippen LogP contribution >= 0.6 is 11.8 Å². The molecular weight excluding hydrogens is 388 g/mol. The molecule has 2 atom stereocenters. The second kappa shape index (κ2) is 9.82. The Bertz CT molecular complexity index is 816. The summed E-state index contributed by atoms with van der Waals surface area (Å²) in [6.07, 6.45) is 2.82. The van der Waals surface area contributed by atoms with Crippen molar-refractivity contribution < 1.29 is 14.3 Å². The molecule has 1 aliphatic heterocycles. The van der Waals surface area contributed by atoms with Crippen LogP contribution in [0, 0.1) is 11.8 Å². The number of thioether (sulfide) groups is 1. The second-order valence-corrected chi connectivity index (χ2v) is 8.50. The minimum atomic E-state index is -0.120. The highest BCUT2D eigenvalue weighted by Gasteiger charge is 2.23. The van der Waals surface area contributed by atoms with Crippen molar-refractivity contribution in [3.8, 4) is 11.5 Å². The predicted octanol–water partition coefficient (Wildman–Crippen LogP) is 3.71. The molecule has 29 heavy (non-hydrogen) atoms. The number of piperidine rings is 1. The van der Waals surface area contributed by atoms with Gasteiger partial charge in [0.1, 0.15) is 28.7 Å². The van der Waals surface area contributed by atoms with E-state index in [1.54, 1.807) is 38.7 Å². The van der Waals surface area contributed by atoms with Gasteiger partial charge in [0, 0.05) is 43.0 Å². The van der Waals surface area contributed by atoms with Crippen molar-refractivity contribution in [3.63, 3.8) is 0 Å². The van der Waals surface area contributed by atoms with Gasteiger partial charge < -0.3 is 19.7 Å². The molecule has 2 aromatic rings. The highest BCUT2D eigenvalue weighted by molar-refractivity contribution is 7.99. The third-order valence-electron chi connectivity index (χ3n) is 4.81. The van der Waals surface area contributed by atoms with Crippen molar-refractivity contribution in [2.45, 2.75) is 25.3 Å². The fourth-order valence-electron chi connectivity index (χ4n) is 3.65. The first-order chi connectivity index (χ1) is 14.0. The average Bonchev–Trinajstić information content (AvgIpc) is 2.71. The largest absolute Gasteiger partial charge is 0.497 e. The maximum absolute atomic E-state index is 12.4. The molecule has 0 aliphatic carbocycles. The van der Waals surface area contributed by atoms with E-state index in [1.165, 1.54) is 18.2 Å². The number of benzene rings is 1. The van der Waals surface area contributed by atoms with Crippen molar-refractivity contribution in [3.05, 3.63) is 30.6 Å². The minimum absolute atomic E-state index is 0.120. The molecule has 1 N–H and O–H groups in total. The standard InChI is InChI=1S/C21H28N4O3S/c1-14-5-15(2)11-25(10-14)19-9-21(23-13-22-19)29-12-20(26)24-16-6-17(27-3)8-18(7-16)28-4/h6-9,13-15H,5,10-12H2,1-4H3,(H,24,26). The van der Waals surface area contributed by atoms with Crippen LogP contribution < -0.4 is 19.7 Å². The third-order valence-corrected chi connectivity index (χ3v) is 5.73. The lowest BCUT2D eigenvalue weighted by molar-refractivity contribution is -0.113. The lowest BCUT2D eigenvalue weighted by atomic mass is 9.92. The number of amides is 1. The van der Waals surface area contributed by atoms with E-state index in [4.69, 9.17) is 9.47 Å². The van der Waals surface area contributed by atoms with Crippen LogP contribution in [0.5, 0.6) is 11.5 Å². The number of aromatic nitrogens is 2. The van der Waals surface area contributed by atoms with Gasteiger partial charge >= 0.3 is 0 Å². The molecule has 2 unspecified atom stereocenters. The number of ether oxygens (including phenoxy) is 2. The molecule has 0 saturated carbocycles. The van der Waals surface area contributed by atoms with Crippen molar-refractivity contribution in [2.75, 3.05) is 43.3 Å². The summed E-state index contributed by atoms with van der Waals surface area (Å²) in [4.78, 5) is 23.5. The van der Waals surface area contributed by atoms with E-state index in [9.17, 15) is 4.79 Å². The molecule has 0 bridgehead atoms. The van der Waals surface area contributed by atoms with Crippen molar-refractivity contribution in [2.24, 2.45) is 11.8 Å². The van der Waals surface area contributed by atoms with Gasteiger partial charge in [-0.3, -0.25) is 4.79 Å². The van der Waals surface area contributed by atoms with Gasteiger partial charge in [-0.05, 0) is 18.3 Å². The molecule has 1 fully saturated rings. The zero-order valence-electron chi connectivity index (χ0n) is 17.3. The van der Waals surface area contributed by atoms with Gasteiger partial charge in [0.25, 0.3) is 0 Å². The molecule has 3 rings (SSSR count). The van der Waals surface area contributed by atoms with E-state index in [0.717, 1.165) is 23.9 Å². The molecule has 7 nitrogen and oxygen atoms in total. The van der Waals surface area contributed by atoms with Crippen LogP contribution in [0.15, 0.2) is 35.6 Å². The summed E-state index contributed by atoms with van der Waals surface area (Å²) in [6, 6.07) is 7.24. The number of methoxy groups -OCH3 is 2. The molecule has 156 valence electrons. The van der Waals surface area contributed by atoms with E-state index >= 15 is 0 Å². The fourth-order valence-corrected chi connectivity index (χ4v) is 4.31. The molecule has 1 saturated heterocycles. The summed E-state index contributed by atoms with van der Waals surface area (Å²) in [5.74, 6) is 3.61. The Kier molecular flexibility index (Phi) is 7.19. The van der Waals surface area contributed by atoms with Gasteiger partial charge in [-0.15, -0.1) is 0 Å².